The summed E-state index contributed by atoms with van der Waals surface area (Å²) in [6, 6.07) is 16.6. The Balaban J connectivity index is 2.10. The average molecular weight is 352 g/mol. The van der Waals surface area contributed by atoms with Gasteiger partial charge >= 0.3 is 0 Å². The molecule has 0 aliphatic carbocycles. The van der Waals surface area contributed by atoms with Crippen LogP contribution >= 0.6 is 0 Å². The number of hydrogen-bond acceptors (Lipinski definition) is 2. The van der Waals surface area contributed by atoms with Crippen LogP contribution in [0, 0.1) is 12.8 Å². The zero-order valence-corrected chi connectivity index (χ0v) is 16.0. The average Bonchev–Trinajstić information content (AvgIpc) is 2.67. The van der Waals surface area contributed by atoms with Crippen LogP contribution in [-0.4, -0.2) is 29.8 Å². The summed E-state index contributed by atoms with van der Waals surface area (Å²) in [7, 11) is 1.78. The van der Waals surface area contributed by atoms with Gasteiger partial charge in [0.1, 0.15) is 6.04 Å². The summed E-state index contributed by atoms with van der Waals surface area (Å²) in [6.07, 6.45) is 0.809. The molecule has 2 aromatic carbocycles. The predicted molar refractivity (Wildman–Crippen MR) is 105 cm³/mol. The van der Waals surface area contributed by atoms with E-state index in [0.717, 1.165) is 12.0 Å². The molecule has 26 heavy (non-hydrogen) atoms. The summed E-state index contributed by atoms with van der Waals surface area (Å²) >= 11 is 0. The monoisotopic (exact) mass is 352 g/mol. The Hall–Kier alpha value is -2.62. The van der Waals surface area contributed by atoms with E-state index < -0.39 is 6.04 Å². The Morgan fingerprint density at radius 1 is 1.04 bits per heavy atom. The molecule has 0 saturated carbocycles. The SMILES string of the molecule is CC[C@H](C)[C@H](NC(=O)c1ccccc1)C(=O)N(C)Cc1ccc(C)cc1. The van der Waals surface area contributed by atoms with E-state index in [1.807, 2.05) is 63.2 Å². The maximum Gasteiger partial charge on any atom is 0.251 e. The van der Waals surface area contributed by atoms with Crippen molar-refractivity contribution in [1.29, 1.82) is 0 Å². The summed E-state index contributed by atoms with van der Waals surface area (Å²) < 4.78 is 0. The molecule has 4 heteroatoms. The van der Waals surface area contributed by atoms with Gasteiger partial charge in [-0.25, -0.2) is 0 Å². The quantitative estimate of drug-likeness (QED) is 0.824. The van der Waals surface area contributed by atoms with E-state index in [0.29, 0.717) is 12.1 Å². The highest BCUT2D eigenvalue weighted by molar-refractivity contribution is 5.97. The summed E-state index contributed by atoms with van der Waals surface area (Å²) in [5, 5.41) is 2.93. The van der Waals surface area contributed by atoms with Crippen LogP contribution in [-0.2, 0) is 11.3 Å². The lowest BCUT2D eigenvalue weighted by Crippen LogP contribution is -2.50. The fraction of sp³-hybridized carbons (Fsp3) is 0.364. The van der Waals surface area contributed by atoms with Crippen molar-refractivity contribution >= 4 is 11.8 Å². The van der Waals surface area contributed by atoms with E-state index in [2.05, 4.69) is 5.32 Å². The van der Waals surface area contributed by atoms with Gasteiger partial charge in [-0.15, -0.1) is 0 Å². The Morgan fingerprint density at radius 2 is 1.65 bits per heavy atom. The number of nitrogens with one attached hydrogen (secondary N) is 1. The number of carbonyl (C=O) groups is 2. The molecular weight excluding hydrogens is 324 g/mol. The standard InChI is InChI=1S/C22H28N2O2/c1-5-17(3)20(23-21(25)19-9-7-6-8-10-19)22(26)24(4)15-18-13-11-16(2)12-14-18/h6-14,17,20H,5,15H2,1-4H3,(H,23,25)/t17-,20-/m0/s1. The molecule has 2 aromatic rings. The number of amides is 2. The van der Waals surface area contributed by atoms with Gasteiger partial charge in [0.05, 0.1) is 0 Å². The molecule has 2 atom stereocenters. The number of benzene rings is 2. The van der Waals surface area contributed by atoms with Crippen molar-refractivity contribution in [3.8, 4) is 0 Å². The Morgan fingerprint density at radius 3 is 2.23 bits per heavy atom. The molecule has 0 aromatic heterocycles. The lowest BCUT2D eigenvalue weighted by atomic mass is 9.97. The van der Waals surface area contributed by atoms with Crippen LogP contribution in [0.2, 0.25) is 0 Å². The largest absolute Gasteiger partial charge is 0.340 e. The van der Waals surface area contributed by atoms with Crippen molar-refractivity contribution < 1.29 is 9.59 Å². The second-order valence-electron chi connectivity index (χ2n) is 6.88. The smallest absolute Gasteiger partial charge is 0.251 e. The van der Waals surface area contributed by atoms with Crippen molar-refractivity contribution in [2.75, 3.05) is 7.05 Å². The Labute approximate surface area is 156 Å². The zero-order chi connectivity index (χ0) is 19.1. The van der Waals surface area contributed by atoms with Crippen molar-refractivity contribution in [1.82, 2.24) is 10.2 Å². The van der Waals surface area contributed by atoms with Gasteiger partial charge in [-0.3, -0.25) is 9.59 Å². The molecule has 0 aliphatic rings. The summed E-state index contributed by atoms with van der Waals surface area (Å²) in [4.78, 5) is 27.2. The highest BCUT2D eigenvalue weighted by atomic mass is 16.2. The van der Waals surface area contributed by atoms with Crippen molar-refractivity contribution in [2.45, 2.75) is 39.8 Å². The molecule has 4 nitrogen and oxygen atoms in total. The van der Waals surface area contributed by atoms with Gasteiger partial charge in [-0.2, -0.15) is 0 Å². The number of nitrogens with zero attached hydrogens (tertiary/aromatic N) is 1. The molecule has 0 unspecified atom stereocenters. The zero-order valence-electron chi connectivity index (χ0n) is 16.0. The molecule has 0 aliphatic heterocycles. The van der Waals surface area contributed by atoms with Gasteiger partial charge in [0.15, 0.2) is 0 Å². The van der Waals surface area contributed by atoms with Crippen LogP contribution in [0.3, 0.4) is 0 Å². The van der Waals surface area contributed by atoms with E-state index >= 15 is 0 Å². The molecule has 1 N–H and O–H groups in total. The van der Waals surface area contributed by atoms with E-state index in [1.54, 1.807) is 24.1 Å². The van der Waals surface area contributed by atoms with Crippen LogP contribution in [0.4, 0.5) is 0 Å². The number of hydrogen-bond donors (Lipinski definition) is 1. The summed E-state index contributed by atoms with van der Waals surface area (Å²) in [6.45, 7) is 6.58. The van der Waals surface area contributed by atoms with E-state index in [1.165, 1.54) is 5.56 Å². The van der Waals surface area contributed by atoms with Gasteiger partial charge < -0.3 is 10.2 Å². The first-order chi connectivity index (χ1) is 12.4. The summed E-state index contributed by atoms with van der Waals surface area (Å²) in [5.74, 6) is -0.229. The molecule has 0 spiro atoms. The molecule has 138 valence electrons. The summed E-state index contributed by atoms with van der Waals surface area (Å²) in [5.41, 5.74) is 2.83. The first-order valence-corrected chi connectivity index (χ1v) is 9.08. The second kappa shape index (κ2) is 9.18. The molecule has 2 amide bonds. The van der Waals surface area contributed by atoms with Crippen LogP contribution in [0.1, 0.15) is 41.8 Å². The van der Waals surface area contributed by atoms with Crippen LogP contribution in [0.15, 0.2) is 54.6 Å². The highest BCUT2D eigenvalue weighted by Gasteiger charge is 2.28. The molecule has 0 bridgehead atoms. The van der Waals surface area contributed by atoms with E-state index in [9.17, 15) is 9.59 Å². The van der Waals surface area contributed by atoms with Gasteiger partial charge in [-0.05, 0) is 30.5 Å². The lowest BCUT2D eigenvalue weighted by Gasteiger charge is -2.28. The van der Waals surface area contributed by atoms with E-state index in [4.69, 9.17) is 0 Å². The normalized spacial score (nSPS) is 12.9. The number of carbonyl (C=O) groups excluding carboxylic acids is 2. The third-order valence-corrected chi connectivity index (χ3v) is 4.72. The predicted octanol–water partition coefficient (Wildman–Crippen LogP) is 3.80. The van der Waals surface area contributed by atoms with Gasteiger partial charge in [0.2, 0.25) is 5.91 Å². The molecule has 0 saturated heterocycles. The Kier molecular flexibility index (Phi) is 6.96. The van der Waals surface area contributed by atoms with Crippen LogP contribution in [0.5, 0.6) is 0 Å². The minimum Gasteiger partial charge on any atom is -0.340 e. The third-order valence-electron chi connectivity index (χ3n) is 4.72. The minimum absolute atomic E-state index is 0.0515. The van der Waals surface area contributed by atoms with Crippen LogP contribution < -0.4 is 5.32 Å². The minimum atomic E-state index is -0.539. The molecule has 0 radical (unpaired) electrons. The molecule has 2 rings (SSSR count). The van der Waals surface area contributed by atoms with Gasteiger partial charge in [0.25, 0.3) is 5.91 Å². The second-order valence-corrected chi connectivity index (χ2v) is 6.88. The van der Waals surface area contributed by atoms with Crippen molar-refractivity contribution in [3.05, 3.63) is 71.3 Å². The fourth-order valence-corrected chi connectivity index (χ4v) is 2.78. The first-order valence-electron chi connectivity index (χ1n) is 9.08. The molecular formula is C22H28N2O2. The topological polar surface area (TPSA) is 49.4 Å². The number of aryl methyl sites for hydroxylation is 1. The van der Waals surface area contributed by atoms with Crippen LogP contribution in [0.25, 0.3) is 0 Å². The highest BCUT2D eigenvalue weighted by Crippen LogP contribution is 2.14. The van der Waals surface area contributed by atoms with E-state index in [-0.39, 0.29) is 17.7 Å². The van der Waals surface area contributed by atoms with Gasteiger partial charge in [0, 0.05) is 19.2 Å². The molecule has 0 fully saturated rings. The maximum atomic E-state index is 13.0. The first kappa shape index (κ1) is 19.7. The third kappa shape index (κ3) is 5.19. The fourth-order valence-electron chi connectivity index (χ4n) is 2.78. The van der Waals surface area contributed by atoms with Crippen molar-refractivity contribution in [2.24, 2.45) is 5.92 Å². The Bertz CT molecular complexity index is 726. The molecule has 0 heterocycles. The lowest BCUT2D eigenvalue weighted by molar-refractivity contribution is -0.133. The number of likely N-dealkylation sites (N-methyl/N-ethyl adjacent to an activating group) is 1. The van der Waals surface area contributed by atoms with Crippen molar-refractivity contribution in [3.63, 3.8) is 0 Å². The maximum absolute atomic E-state index is 13.0. The van der Waals surface area contributed by atoms with Gasteiger partial charge in [-0.1, -0.05) is 68.3 Å². The number of rotatable bonds is 7.